The van der Waals surface area contributed by atoms with Crippen LogP contribution in [0, 0.1) is 0 Å². The van der Waals surface area contributed by atoms with Crippen LogP contribution in [0.4, 0.5) is 0 Å². The number of amides is 2. The van der Waals surface area contributed by atoms with Gasteiger partial charge in [-0.1, -0.05) is 6.42 Å². The van der Waals surface area contributed by atoms with Gasteiger partial charge in [-0.25, -0.2) is 0 Å². The molecule has 1 saturated heterocycles. The Morgan fingerprint density at radius 2 is 2.11 bits per heavy atom. The van der Waals surface area contributed by atoms with Crippen molar-refractivity contribution in [2.45, 2.75) is 25.3 Å². The summed E-state index contributed by atoms with van der Waals surface area (Å²) in [6, 6.07) is -0.143. The number of carbonyl (C=O) groups is 2. The quantitative estimate of drug-likeness (QED) is 0.569. The Bertz CT molecular complexity index is 258. The Morgan fingerprint density at radius 3 is 2.72 bits per heavy atom. The molecule has 0 bridgehead atoms. The molecule has 1 fully saturated rings. The van der Waals surface area contributed by atoms with Crippen LogP contribution in [-0.4, -0.2) is 51.2 Å². The average molecular weight is 280 g/mol. The number of rotatable bonds is 6. The normalized spacial score (nSPS) is 18.6. The Kier molecular flexibility index (Phi) is 9.63. The number of piperidine rings is 1. The zero-order valence-corrected chi connectivity index (χ0v) is 11.5. The SMILES string of the molecule is COCCNC(=O)CNC(=O)[C@H]1CCCCN1.Cl. The number of methoxy groups -OCH3 is 1. The molecule has 3 N–H and O–H groups in total. The van der Waals surface area contributed by atoms with Crippen LogP contribution in [0.5, 0.6) is 0 Å². The first-order chi connectivity index (χ1) is 8.24. The van der Waals surface area contributed by atoms with Crippen molar-refractivity contribution in [2.24, 2.45) is 0 Å². The molecule has 1 heterocycles. The summed E-state index contributed by atoms with van der Waals surface area (Å²) in [5, 5.41) is 8.40. The van der Waals surface area contributed by atoms with Gasteiger partial charge in [0.15, 0.2) is 0 Å². The van der Waals surface area contributed by atoms with Crippen molar-refractivity contribution in [3.05, 3.63) is 0 Å². The highest BCUT2D eigenvalue weighted by Gasteiger charge is 2.20. The average Bonchev–Trinajstić information content (AvgIpc) is 2.37. The zero-order valence-electron chi connectivity index (χ0n) is 10.7. The van der Waals surface area contributed by atoms with Crippen molar-refractivity contribution in [3.63, 3.8) is 0 Å². The Labute approximate surface area is 114 Å². The Morgan fingerprint density at radius 1 is 1.33 bits per heavy atom. The molecule has 7 heteroatoms. The van der Waals surface area contributed by atoms with Crippen molar-refractivity contribution in [1.82, 2.24) is 16.0 Å². The molecule has 1 aliphatic rings. The van der Waals surface area contributed by atoms with Gasteiger partial charge in [-0.3, -0.25) is 9.59 Å². The molecule has 0 aromatic heterocycles. The lowest BCUT2D eigenvalue weighted by Gasteiger charge is -2.22. The number of carbonyl (C=O) groups excluding carboxylic acids is 2. The third-order valence-electron chi connectivity index (χ3n) is 2.68. The van der Waals surface area contributed by atoms with Crippen molar-refractivity contribution >= 4 is 24.2 Å². The standard InChI is InChI=1S/C11H21N3O3.ClH/c1-17-7-6-13-10(15)8-14-11(16)9-4-2-3-5-12-9;/h9,12H,2-8H2,1H3,(H,13,15)(H,14,16);1H/t9-;/m1./s1. The molecular weight excluding hydrogens is 258 g/mol. The van der Waals surface area contributed by atoms with Gasteiger partial charge in [0, 0.05) is 13.7 Å². The maximum absolute atomic E-state index is 11.7. The summed E-state index contributed by atoms with van der Waals surface area (Å²) < 4.78 is 4.80. The van der Waals surface area contributed by atoms with Crippen LogP contribution >= 0.6 is 12.4 Å². The van der Waals surface area contributed by atoms with E-state index in [1.165, 1.54) is 0 Å². The molecule has 0 spiro atoms. The number of hydrogen-bond acceptors (Lipinski definition) is 4. The van der Waals surface area contributed by atoms with Crippen LogP contribution in [0.1, 0.15) is 19.3 Å². The van der Waals surface area contributed by atoms with Gasteiger partial charge in [-0.15, -0.1) is 12.4 Å². The van der Waals surface area contributed by atoms with E-state index in [0.717, 1.165) is 25.8 Å². The third kappa shape index (κ3) is 6.78. The van der Waals surface area contributed by atoms with Gasteiger partial charge in [0.2, 0.25) is 11.8 Å². The van der Waals surface area contributed by atoms with Crippen LogP contribution in [0.2, 0.25) is 0 Å². The fraction of sp³-hybridized carbons (Fsp3) is 0.818. The number of hydrogen-bond donors (Lipinski definition) is 3. The molecule has 0 unspecified atom stereocenters. The van der Waals surface area contributed by atoms with E-state index in [1.807, 2.05) is 0 Å². The molecule has 2 amide bonds. The summed E-state index contributed by atoms with van der Waals surface area (Å²) in [6.45, 7) is 1.84. The molecule has 6 nitrogen and oxygen atoms in total. The first-order valence-corrected chi connectivity index (χ1v) is 6.00. The van der Waals surface area contributed by atoms with Crippen LogP contribution in [0.3, 0.4) is 0 Å². The van der Waals surface area contributed by atoms with E-state index in [2.05, 4.69) is 16.0 Å². The second-order valence-electron chi connectivity index (χ2n) is 4.06. The van der Waals surface area contributed by atoms with Crippen molar-refractivity contribution < 1.29 is 14.3 Å². The van der Waals surface area contributed by atoms with Crippen LogP contribution in [0.15, 0.2) is 0 Å². The highest BCUT2D eigenvalue weighted by atomic mass is 35.5. The molecule has 1 rings (SSSR count). The van der Waals surface area contributed by atoms with E-state index >= 15 is 0 Å². The Balaban J connectivity index is 0.00000289. The summed E-state index contributed by atoms with van der Waals surface area (Å²) in [6.07, 6.45) is 3.02. The van der Waals surface area contributed by atoms with Gasteiger partial charge >= 0.3 is 0 Å². The molecule has 0 saturated carbocycles. The molecule has 0 aromatic rings. The predicted molar refractivity (Wildman–Crippen MR) is 70.8 cm³/mol. The molecule has 1 aliphatic heterocycles. The second-order valence-corrected chi connectivity index (χ2v) is 4.06. The summed E-state index contributed by atoms with van der Waals surface area (Å²) in [5.41, 5.74) is 0. The highest BCUT2D eigenvalue weighted by Crippen LogP contribution is 2.06. The topological polar surface area (TPSA) is 79.5 Å². The van der Waals surface area contributed by atoms with Gasteiger partial charge < -0.3 is 20.7 Å². The van der Waals surface area contributed by atoms with E-state index in [-0.39, 0.29) is 36.8 Å². The third-order valence-corrected chi connectivity index (χ3v) is 2.68. The van der Waals surface area contributed by atoms with E-state index in [1.54, 1.807) is 7.11 Å². The minimum atomic E-state index is -0.189. The van der Waals surface area contributed by atoms with Gasteiger partial charge in [0.25, 0.3) is 0 Å². The molecule has 106 valence electrons. The number of halogens is 1. The molecule has 1 atom stereocenters. The summed E-state index contributed by atoms with van der Waals surface area (Å²) >= 11 is 0. The Hall–Kier alpha value is -0.850. The molecule has 0 aliphatic carbocycles. The molecular formula is C11H22ClN3O3. The smallest absolute Gasteiger partial charge is 0.239 e. The summed E-state index contributed by atoms with van der Waals surface area (Å²) in [4.78, 5) is 23.0. The van der Waals surface area contributed by atoms with Gasteiger partial charge in [0.1, 0.15) is 0 Å². The highest BCUT2D eigenvalue weighted by molar-refractivity contribution is 5.87. The molecule has 18 heavy (non-hydrogen) atoms. The lowest BCUT2D eigenvalue weighted by atomic mass is 10.0. The predicted octanol–water partition coefficient (Wildman–Crippen LogP) is -0.571. The monoisotopic (exact) mass is 279 g/mol. The zero-order chi connectivity index (χ0) is 12.5. The summed E-state index contributed by atoms with van der Waals surface area (Å²) in [5.74, 6) is -0.280. The lowest BCUT2D eigenvalue weighted by molar-refractivity contribution is -0.127. The number of ether oxygens (including phenoxy) is 1. The minimum Gasteiger partial charge on any atom is -0.383 e. The van der Waals surface area contributed by atoms with Crippen LogP contribution in [-0.2, 0) is 14.3 Å². The second kappa shape index (κ2) is 10.1. The van der Waals surface area contributed by atoms with Crippen molar-refractivity contribution in [2.75, 3.05) is 33.4 Å². The minimum absolute atomic E-state index is 0. The molecule has 0 radical (unpaired) electrons. The van der Waals surface area contributed by atoms with Gasteiger partial charge in [-0.05, 0) is 19.4 Å². The van der Waals surface area contributed by atoms with Crippen molar-refractivity contribution in [1.29, 1.82) is 0 Å². The fourth-order valence-corrected chi connectivity index (χ4v) is 1.72. The lowest BCUT2D eigenvalue weighted by Crippen LogP contribution is -2.49. The van der Waals surface area contributed by atoms with E-state index in [0.29, 0.717) is 13.2 Å². The first kappa shape index (κ1) is 17.2. The fourth-order valence-electron chi connectivity index (χ4n) is 1.72. The van der Waals surface area contributed by atoms with Crippen molar-refractivity contribution in [3.8, 4) is 0 Å². The largest absolute Gasteiger partial charge is 0.383 e. The van der Waals surface area contributed by atoms with Gasteiger partial charge in [-0.2, -0.15) is 0 Å². The molecule has 0 aromatic carbocycles. The van der Waals surface area contributed by atoms with E-state index in [9.17, 15) is 9.59 Å². The van der Waals surface area contributed by atoms with E-state index in [4.69, 9.17) is 4.74 Å². The van der Waals surface area contributed by atoms with E-state index < -0.39 is 0 Å². The maximum atomic E-state index is 11.7. The van der Waals surface area contributed by atoms with Crippen LogP contribution < -0.4 is 16.0 Å². The maximum Gasteiger partial charge on any atom is 0.239 e. The van der Waals surface area contributed by atoms with Crippen LogP contribution in [0.25, 0.3) is 0 Å². The van der Waals surface area contributed by atoms with Gasteiger partial charge in [0.05, 0.1) is 19.2 Å². The number of nitrogens with one attached hydrogen (secondary N) is 3. The summed E-state index contributed by atoms with van der Waals surface area (Å²) in [7, 11) is 1.57. The first-order valence-electron chi connectivity index (χ1n) is 6.00.